The molecular formula is C27H32N4O2S. The van der Waals surface area contributed by atoms with Crippen LogP contribution in [0, 0.1) is 10.8 Å². The van der Waals surface area contributed by atoms with Crippen molar-refractivity contribution in [3.63, 3.8) is 0 Å². The summed E-state index contributed by atoms with van der Waals surface area (Å²) in [5.74, 6) is 0.381. The maximum absolute atomic E-state index is 13.6. The number of hydrogen-bond acceptors (Lipinski definition) is 4. The third-order valence-electron chi connectivity index (χ3n) is 6.98. The Morgan fingerprint density at radius 1 is 0.971 bits per heavy atom. The van der Waals surface area contributed by atoms with E-state index < -0.39 is 10.0 Å². The lowest BCUT2D eigenvalue weighted by atomic mass is 9.60. The highest BCUT2D eigenvalue weighted by atomic mass is 32.2. The fourth-order valence-corrected chi connectivity index (χ4v) is 7.43. The second-order valence-electron chi connectivity index (χ2n) is 11.3. The summed E-state index contributed by atoms with van der Waals surface area (Å²) < 4.78 is 30.2. The number of rotatable bonds is 4. The van der Waals surface area contributed by atoms with Crippen LogP contribution in [0.4, 0.5) is 0 Å². The van der Waals surface area contributed by atoms with E-state index in [1.54, 1.807) is 41.3 Å². The number of pyridine rings is 1. The molecule has 3 aromatic heterocycles. The van der Waals surface area contributed by atoms with Crippen molar-refractivity contribution in [1.29, 1.82) is 0 Å². The van der Waals surface area contributed by atoms with Crippen LogP contribution in [0.25, 0.3) is 22.2 Å². The zero-order valence-corrected chi connectivity index (χ0v) is 21.3. The molecule has 0 bridgehead atoms. The summed E-state index contributed by atoms with van der Waals surface area (Å²) in [5, 5.41) is 5.16. The van der Waals surface area contributed by atoms with Gasteiger partial charge in [-0.25, -0.2) is 17.4 Å². The molecule has 1 aromatic carbocycles. The van der Waals surface area contributed by atoms with E-state index in [1.807, 2.05) is 25.5 Å². The highest BCUT2D eigenvalue weighted by Crippen LogP contribution is 2.52. The number of hydrogen-bond donors (Lipinski definition) is 0. The molecule has 0 N–H and O–H groups in total. The molecule has 3 heterocycles. The Hall–Kier alpha value is -2.93. The van der Waals surface area contributed by atoms with E-state index in [9.17, 15) is 8.42 Å². The molecule has 0 amide bonds. The van der Waals surface area contributed by atoms with Crippen LogP contribution in [0.5, 0.6) is 0 Å². The number of aromatic nitrogens is 4. The average Bonchev–Trinajstić information content (AvgIpc) is 3.35. The normalized spacial score (nSPS) is 18.4. The minimum atomic E-state index is -3.79. The smallest absolute Gasteiger partial charge is 0.269 e. The first-order valence-corrected chi connectivity index (χ1v) is 13.2. The molecule has 0 saturated heterocycles. The molecule has 0 radical (unpaired) electrons. The topological polar surface area (TPSA) is 69.8 Å². The second-order valence-corrected chi connectivity index (χ2v) is 13.1. The zero-order valence-electron chi connectivity index (χ0n) is 20.5. The molecule has 1 aliphatic rings. The molecule has 0 atom stereocenters. The van der Waals surface area contributed by atoms with E-state index >= 15 is 0 Å². The molecule has 0 aliphatic heterocycles. The van der Waals surface area contributed by atoms with Gasteiger partial charge in [0.25, 0.3) is 10.0 Å². The van der Waals surface area contributed by atoms with E-state index in [4.69, 9.17) is 4.98 Å². The Morgan fingerprint density at radius 3 is 2.26 bits per heavy atom. The first-order valence-electron chi connectivity index (χ1n) is 11.8. The van der Waals surface area contributed by atoms with Gasteiger partial charge in [-0.05, 0) is 59.8 Å². The molecule has 0 spiro atoms. The van der Waals surface area contributed by atoms with Crippen LogP contribution in [0.2, 0.25) is 0 Å². The third kappa shape index (κ3) is 4.06. The first-order chi connectivity index (χ1) is 16.0. The van der Waals surface area contributed by atoms with Gasteiger partial charge in [-0.2, -0.15) is 5.10 Å². The Kier molecular flexibility index (Phi) is 5.24. The molecule has 4 aromatic rings. The van der Waals surface area contributed by atoms with Crippen LogP contribution < -0.4 is 0 Å². The standard InChI is InChI=1S/C27H32N4O2S/c1-26(2)12-20(13-27(3,4)18-26)19-11-23-24(21-15-29-30(5)16-21)17-31(25(23)28-14-19)34(32,33)22-9-7-6-8-10-22/h6-11,14-17,20H,12-13,18H2,1-5H3. The van der Waals surface area contributed by atoms with Crippen LogP contribution in [0.15, 0.2) is 66.1 Å². The Labute approximate surface area is 201 Å². The van der Waals surface area contributed by atoms with Gasteiger partial charge in [-0.1, -0.05) is 45.9 Å². The molecule has 1 aliphatic carbocycles. The van der Waals surface area contributed by atoms with Crippen molar-refractivity contribution in [3.05, 3.63) is 66.7 Å². The number of fused-ring (bicyclic) bond motifs is 1. The predicted molar refractivity (Wildman–Crippen MR) is 135 cm³/mol. The quantitative estimate of drug-likeness (QED) is 0.363. The van der Waals surface area contributed by atoms with Crippen molar-refractivity contribution < 1.29 is 8.42 Å². The Balaban J connectivity index is 1.70. The number of benzene rings is 1. The van der Waals surface area contributed by atoms with E-state index in [0.29, 0.717) is 11.6 Å². The van der Waals surface area contributed by atoms with Crippen LogP contribution in [0.1, 0.15) is 58.4 Å². The van der Waals surface area contributed by atoms with Gasteiger partial charge >= 0.3 is 0 Å². The van der Waals surface area contributed by atoms with E-state index in [-0.39, 0.29) is 15.7 Å². The molecule has 1 saturated carbocycles. The van der Waals surface area contributed by atoms with Gasteiger partial charge in [0.15, 0.2) is 5.65 Å². The van der Waals surface area contributed by atoms with Gasteiger partial charge in [-0.3, -0.25) is 4.68 Å². The lowest BCUT2D eigenvalue weighted by Crippen LogP contribution is -2.32. The van der Waals surface area contributed by atoms with E-state index in [2.05, 4.69) is 38.9 Å². The van der Waals surface area contributed by atoms with Gasteiger partial charge in [0, 0.05) is 42.2 Å². The van der Waals surface area contributed by atoms with Crippen molar-refractivity contribution in [1.82, 2.24) is 18.7 Å². The summed E-state index contributed by atoms with van der Waals surface area (Å²) in [4.78, 5) is 5.00. The number of nitrogens with zero attached hydrogens (tertiary/aromatic N) is 4. The highest BCUT2D eigenvalue weighted by Gasteiger charge is 2.39. The van der Waals surface area contributed by atoms with E-state index in [0.717, 1.165) is 29.4 Å². The Morgan fingerprint density at radius 2 is 1.65 bits per heavy atom. The summed E-state index contributed by atoms with van der Waals surface area (Å²) in [7, 11) is -1.93. The predicted octanol–water partition coefficient (Wildman–Crippen LogP) is 5.99. The van der Waals surface area contributed by atoms with Crippen molar-refractivity contribution in [2.75, 3.05) is 0 Å². The fraction of sp³-hybridized carbons (Fsp3) is 0.407. The minimum Gasteiger partial charge on any atom is -0.275 e. The molecule has 0 unspecified atom stereocenters. The third-order valence-corrected chi connectivity index (χ3v) is 8.64. The van der Waals surface area contributed by atoms with Crippen molar-refractivity contribution >= 4 is 21.1 Å². The largest absolute Gasteiger partial charge is 0.275 e. The molecular weight excluding hydrogens is 444 g/mol. The lowest BCUT2D eigenvalue weighted by Gasteiger charge is -2.45. The number of aryl methyl sites for hydroxylation is 1. The first kappa shape index (κ1) is 22.8. The summed E-state index contributed by atoms with van der Waals surface area (Å²) in [6, 6.07) is 10.7. The van der Waals surface area contributed by atoms with Gasteiger partial charge in [0.2, 0.25) is 0 Å². The van der Waals surface area contributed by atoms with Gasteiger partial charge < -0.3 is 0 Å². The highest BCUT2D eigenvalue weighted by molar-refractivity contribution is 7.90. The molecule has 1 fully saturated rings. The summed E-state index contributed by atoms with van der Waals surface area (Å²) in [6.45, 7) is 9.38. The maximum Gasteiger partial charge on any atom is 0.269 e. The SMILES string of the molecule is Cn1cc(-c2cn(S(=O)(=O)c3ccccc3)c3ncc(C4CC(C)(C)CC(C)(C)C4)cc23)cn1. The minimum absolute atomic E-state index is 0.242. The monoisotopic (exact) mass is 476 g/mol. The average molecular weight is 477 g/mol. The van der Waals surface area contributed by atoms with Crippen LogP contribution >= 0.6 is 0 Å². The lowest BCUT2D eigenvalue weighted by molar-refractivity contribution is 0.0968. The maximum atomic E-state index is 13.6. The van der Waals surface area contributed by atoms with E-state index in [1.165, 1.54) is 16.0 Å². The summed E-state index contributed by atoms with van der Waals surface area (Å²) in [5.41, 5.74) is 3.81. The van der Waals surface area contributed by atoms with Crippen LogP contribution in [-0.2, 0) is 17.1 Å². The van der Waals surface area contributed by atoms with Crippen LogP contribution in [-0.4, -0.2) is 27.2 Å². The molecule has 7 heteroatoms. The van der Waals surface area contributed by atoms with Gasteiger partial charge in [-0.15, -0.1) is 0 Å². The summed E-state index contributed by atoms with van der Waals surface area (Å²) in [6.07, 6.45) is 10.6. The molecule has 178 valence electrons. The van der Waals surface area contributed by atoms with Gasteiger partial charge in [0.1, 0.15) is 0 Å². The fourth-order valence-electron chi connectivity index (χ4n) is 6.08. The van der Waals surface area contributed by atoms with Crippen molar-refractivity contribution in [2.24, 2.45) is 17.9 Å². The second kappa shape index (κ2) is 7.80. The van der Waals surface area contributed by atoms with Crippen LogP contribution in [0.3, 0.4) is 0 Å². The van der Waals surface area contributed by atoms with Crippen molar-refractivity contribution in [2.45, 2.75) is 57.8 Å². The zero-order chi connectivity index (χ0) is 24.3. The van der Waals surface area contributed by atoms with Gasteiger partial charge in [0.05, 0.1) is 11.1 Å². The summed E-state index contributed by atoms with van der Waals surface area (Å²) >= 11 is 0. The molecule has 6 nitrogen and oxygen atoms in total. The molecule has 34 heavy (non-hydrogen) atoms. The Bertz CT molecular complexity index is 1450. The molecule has 5 rings (SSSR count). The van der Waals surface area contributed by atoms with Crippen molar-refractivity contribution in [3.8, 4) is 11.1 Å².